The van der Waals surface area contributed by atoms with Gasteiger partial charge in [-0.15, -0.1) is 0 Å². The van der Waals surface area contributed by atoms with Crippen LogP contribution >= 0.6 is 0 Å². The molecule has 0 aliphatic heterocycles. The number of rotatable bonds is 4. The second-order valence-corrected chi connectivity index (χ2v) is 11.5. The van der Waals surface area contributed by atoms with Gasteiger partial charge in [-0.3, -0.25) is 4.79 Å². The number of hydrogen-bond acceptors (Lipinski definition) is 6. The Bertz CT molecular complexity index is 836. The minimum Gasteiger partial charge on any atom is -0.469 e. The van der Waals surface area contributed by atoms with Crippen molar-refractivity contribution in [1.29, 1.82) is 0 Å². The molecule has 4 saturated carbocycles. The van der Waals surface area contributed by atoms with E-state index in [0.717, 1.165) is 62.8 Å². The van der Waals surface area contributed by atoms with Crippen LogP contribution in [0.3, 0.4) is 0 Å². The number of fused-ring (bicyclic) bond motifs is 5. The summed E-state index contributed by atoms with van der Waals surface area (Å²) in [5, 5.41) is 28.1. The fraction of sp³-hybridized carbons (Fsp3) is 0.808. The zero-order valence-corrected chi connectivity index (χ0v) is 20.1. The van der Waals surface area contributed by atoms with Gasteiger partial charge < -0.3 is 15.2 Å². The van der Waals surface area contributed by atoms with Gasteiger partial charge in [-0.1, -0.05) is 43.2 Å². The maximum absolute atomic E-state index is 11.7. The second-order valence-electron chi connectivity index (χ2n) is 11.5. The van der Waals surface area contributed by atoms with Crippen LogP contribution in [-0.2, 0) is 9.53 Å². The van der Waals surface area contributed by atoms with Crippen LogP contribution in [-0.4, -0.2) is 34.9 Å². The predicted octanol–water partition coefficient (Wildman–Crippen LogP) is 5.67. The Morgan fingerprint density at radius 2 is 1.94 bits per heavy atom. The van der Waals surface area contributed by atoms with E-state index in [1.807, 2.05) is 0 Å². The van der Waals surface area contributed by atoms with Crippen molar-refractivity contribution in [3.63, 3.8) is 0 Å². The Morgan fingerprint density at radius 1 is 1.19 bits per heavy atom. The highest BCUT2D eigenvalue weighted by Crippen LogP contribution is 2.67. The number of allylic oxidation sites excluding steroid dienone is 1. The van der Waals surface area contributed by atoms with Gasteiger partial charge in [0, 0.05) is 17.8 Å². The summed E-state index contributed by atoms with van der Waals surface area (Å²) in [6, 6.07) is 0. The highest BCUT2D eigenvalue weighted by molar-refractivity contribution is 5.96. The SMILES string of the molecule is C=C1CC[C@@]2(C)[C@@H](C1)CC(=NO)[C@@H]1[C@@H]2C/C(=N/O)[C@]2(C)C([C@H](C)CCC(=O)OC)CC[C@@H]12. The first-order valence-corrected chi connectivity index (χ1v) is 12.4. The molecule has 0 spiro atoms. The molecule has 1 unspecified atom stereocenters. The molecule has 4 rings (SSSR count). The predicted molar refractivity (Wildman–Crippen MR) is 124 cm³/mol. The first kappa shape index (κ1) is 23.3. The molecule has 6 nitrogen and oxygen atoms in total. The molecule has 4 aliphatic carbocycles. The first-order valence-electron chi connectivity index (χ1n) is 12.4. The van der Waals surface area contributed by atoms with Gasteiger partial charge in [0.25, 0.3) is 0 Å². The highest BCUT2D eigenvalue weighted by atomic mass is 16.5. The number of carbonyl (C=O) groups excluding carboxylic acids is 1. The molecule has 6 heteroatoms. The summed E-state index contributed by atoms with van der Waals surface area (Å²) in [5.41, 5.74) is 3.07. The molecule has 8 atom stereocenters. The molecule has 0 heterocycles. The monoisotopic (exact) mass is 444 g/mol. The van der Waals surface area contributed by atoms with Gasteiger partial charge in [0.1, 0.15) is 0 Å². The van der Waals surface area contributed by atoms with Crippen molar-refractivity contribution in [1.82, 2.24) is 0 Å². The first-order chi connectivity index (χ1) is 15.2. The molecule has 4 fully saturated rings. The van der Waals surface area contributed by atoms with Crippen LogP contribution in [0, 0.1) is 46.3 Å². The van der Waals surface area contributed by atoms with Gasteiger partial charge in [-0.05, 0) is 86.4 Å². The standard InChI is InChI=1S/C26H40N2O4/c1-15-10-11-25(3)17(12-15)13-21(27-30)24-19-8-7-18(16(2)6-9-23(29)32-5)26(19,4)22(28-31)14-20(24)25/h16-20,24,30-31H,1,6-14H2,2-5H3/b27-21?,28-22-/t16-,17+,18?,19+,20+,24+,25+,26-/m1/s1. The maximum atomic E-state index is 11.7. The van der Waals surface area contributed by atoms with E-state index in [4.69, 9.17) is 4.74 Å². The van der Waals surface area contributed by atoms with Crippen molar-refractivity contribution in [3.05, 3.63) is 12.2 Å². The summed E-state index contributed by atoms with van der Waals surface area (Å²) in [5.74, 6) is 1.77. The molecule has 4 aliphatic rings. The number of nitrogens with zero attached hydrogens (tertiary/aromatic N) is 2. The summed E-state index contributed by atoms with van der Waals surface area (Å²) < 4.78 is 4.85. The maximum Gasteiger partial charge on any atom is 0.305 e. The second kappa shape index (κ2) is 8.49. The number of hydrogen-bond donors (Lipinski definition) is 2. The van der Waals surface area contributed by atoms with Crippen LogP contribution in [0.1, 0.15) is 78.6 Å². The molecule has 0 aromatic rings. The number of oxime groups is 2. The largest absolute Gasteiger partial charge is 0.469 e. The van der Waals surface area contributed by atoms with Crippen LogP contribution in [0.4, 0.5) is 0 Å². The Labute approximate surface area is 192 Å². The minimum atomic E-state index is -0.247. The Balaban J connectivity index is 1.68. The van der Waals surface area contributed by atoms with E-state index in [1.165, 1.54) is 12.7 Å². The lowest BCUT2D eigenvalue weighted by atomic mass is 9.43. The number of carbonyl (C=O) groups is 1. The van der Waals surface area contributed by atoms with E-state index in [-0.39, 0.29) is 22.7 Å². The van der Waals surface area contributed by atoms with E-state index in [1.54, 1.807) is 0 Å². The molecule has 0 aromatic heterocycles. The Hall–Kier alpha value is -1.85. The third kappa shape index (κ3) is 3.40. The average Bonchev–Trinajstić information content (AvgIpc) is 3.14. The molecule has 0 saturated heterocycles. The van der Waals surface area contributed by atoms with Gasteiger partial charge in [0.2, 0.25) is 0 Å². The minimum absolute atomic E-state index is 0.145. The van der Waals surface area contributed by atoms with Crippen molar-refractivity contribution in [2.45, 2.75) is 78.6 Å². The number of methoxy groups -OCH3 is 1. The highest BCUT2D eigenvalue weighted by Gasteiger charge is 2.64. The molecule has 2 N–H and O–H groups in total. The molecular weight excluding hydrogens is 404 g/mol. The fourth-order valence-electron chi connectivity index (χ4n) is 8.45. The molecule has 32 heavy (non-hydrogen) atoms. The lowest BCUT2D eigenvalue weighted by molar-refractivity contribution is -0.141. The smallest absolute Gasteiger partial charge is 0.305 e. The van der Waals surface area contributed by atoms with Gasteiger partial charge in [-0.25, -0.2) is 0 Å². The third-order valence-electron chi connectivity index (χ3n) is 10.4. The molecule has 0 amide bonds. The summed E-state index contributed by atoms with van der Waals surface area (Å²) in [4.78, 5) is 11.7. The topological polar surface area (TPSA) is 91.5 Å². The van der Waals surface area contributed by atoms with Gasteiger partial charge in [0.15, 0.2) is 0 Å². The van der Waals surface area contributed by atoms with Crippen molar-refractivity contribution < 1.29 is 19.9 Å². The molecule has 0 radical (unpaired) electrons. The Morgan fingerprint density at radius 3 is 2.59 bits per heavy atom. The van der Waals surface area contributed by atoms with Crippen molar-refractivity contribution in [2.75, 3.05) is 7.11 Å². The zero-order valence-electron chi connectivity index (χ0n) is 20.1. The summed E-state index contributed by atoms with van der Waals surface area (Å²) >= 11 is 0. The van der Waals surface area contributed by atoms with Crippen molar-refractivity contribution >= 4 is 17.4 Å². The van der Waals surface area contributed by atoms with E-state index < -0.39 is 0 Å². The molecule has 0 aromatic carbocycles. The molecule has 178 valence electrons. The zero-order chi connectivity index (χ0) is 23.3. The van der Waals surface area contributed by atoms with Gasteiger partial charge in [0.05, 0.1) is 18.5 Å². The lowest BCUT2D eigenvalue weighted by Gasteiger charge is -2.60. The Kier molecular flexibility index (Phi) is 6.19. The lowest BCUT2D eigenvalue weighted by Crippen LogP contribution is -2.59. The van der Waals surface area contributed by atoms with Crippen LogP contribution in [0.15, 0.2) is 22.5 Å². The van der Waals surface area contributed by atoms with Crippen molar-refractivity contribution in [3.8, 4) is 0 Å². The van der Waals surface area contributed by atoms with Crippen LogP contribution in [0.25, 0.3) is 0 Å². The summed E-state index contributed by atoms with van der Waals surface area (Å²) in [6.45, 7) is 11.2. The third-order valence-corrected chi connectivity index (χ3v) is 10.4. The average molecular weight is 445 g/mol. The van der Waals surface area contributed by atoms with Crippen molar-refractivity contribution in [2.24, 2.45) is 56.6 Å². The van der Waals surface area contributed by atoms with Crippen LogP contribution < -0.4 is 0 Å². The van der Waals surface area contributed by atoms with E-state index in [2.05, 4.69) is 37.7 Å². The number of ether oxygens (including phenoxy) is 1. The summed E-state index contributed by atoms with van der Waals surface area (Å²) in [7, 11) is 1.44. The fourth-order valence-corrected chi connectivity index (χ4v) is 8.45. The normalized spacial score (nSPS) is 44.6. The van der Waals surface area contributed by atoms with Crippen LogP contribution in [0.2, 0.25) is 0 Å². The number of esters is 1. The van der Waals surface area contributed by atoms with Gasteiger partial charge in [-0.2, -0.15) is 0 Å². The molecule has 0 bridgehead atoms. The van der Waals surface area contributed by atoms with Crippen LogP contribution in [0.5, 0.6) is 0 Å². The molecular formula is C26H40N2O4. The van der Waals surface area contributed by atoms with E-state index in [0.29, 0.717) is 36.0 Å². The van der Waals surface area contributed by atoms with E-state index >= 15 is 0 Å². The summed E-state index contributed by atoms with van der Waals surface area (Å²) in [6.07, 6.45) is 8.03. The quantitative estimate of drug-likeness (QED) is 0.253. The van der Waals surface area contributed by atoms with Gasteiger partial charge >= 0.3 is 5.97 Å². The van der Waals surface area contributed by atoms with E-state index in [9.17, 15) is 15.2 Å².